The summed E-state index contributed by atoms with van der Waals surface area (Å²) in [5.41, 5.74) is 6.69. The van der Waals surface area contributed by atoms with Gasteiger partial charge in [0.15, 0.2) is 17.5 Å². The van der Waals surface area contributed by atoms with Crippen molar-refractivity contribution in [1.82, 2.24) is 4.98 Å². The summed E-state index contributed by atoms with van der Waals surface area (Å²) in [5, 5.41) is 11.8. The van der Waals surface area contributed by atoms with Crippen LogP contribution in [0.4, 0.5) is 15.9 Å². The molecule has 1 aromatic heterocycles. The minimum absolute atomic E-state index is 0.0510. The Balaban J connectivity index is 2.51. The Bertz CT molecular complexity index is 663. The molecule has 0 unspecified atom stereocenters. The van der Waals surface area contributed by atoms with E-state index in [1.54, 1.807) is 31.3 Å². The third-order valence-corrected chi connectivity index (χ3v) is 3.19. The van der Waals surface area contributed by atoms with Gasteiger partial charge in [-0.1, -0.05) is 17.3 Å². The van der Waals surface area contributed by atoms with Crippen molar-refractivity contribution >= 4 is 33.3 Å². The number of nitrogens with two attached hydrogens (primary N) is 1. The van der Waals surface area contributed by atoms with Crippen molar-refractivity contribution in [3.8, 4) is 0 Å². The van der Waals surface area contributed by atoms with Crippen molar-refractivity contribution in [3.63, 3.8) is 0 Å². The number of halogens is 2. The van der Waals surface area contributed by atoms with Crippen LogP contribution in [-0.2, 0) is 0 Å². The lowest BCUT2D eigenvalue weighted by atomic mass is 10.1. The van der Waals surface area contributed by atoms with E-state index in [4.69, 9.17) is 10.9 Å². The number of nitrogens with zero attached hydrogens (tertiary/aromatic N) is 3. The molecule has 5 nitrogen and oxygen atoms in total. The first-order valence-corrected chi connectivity index (χ1v) is 6.45. The highest BCUT2D eigenvalue weighted by Crippen LogP contribution is 2.28. The first-order valence-electron chi connectivity index (χ1n) is 5.66. The van der Waals surface area contributed by atoms with Gasteiger partial charge in [0.2, 0.25) is 0 Å². The first-order chi connectivity index (χ1) is 9.54. The lowest BCUT2D eigenvalue weighted by Crippen LogP contribution is -2.20. The number of amidine groups is 1. The molecule has 0 aliphatic carbocycles. The largest absolute Gasteiger partial charge is 0.409 e. The number of benzene rings is 1. The standard InChI is InChI=1S/C13H12BrFN4O/c1-19(13-10(15)6-8(14)7-17-13)11-5-3-2-4-9(11)12(16)18-20/h2-7,20H,1H3,(H2,16,18). The monoisotopic (exact) mass is 338 g/mol. The van der Waals surface area contributed by atoms with Gasteiger partial charge in [-0.05, 0) is 34.1 Å². The number of hydrogen-bond acceptors (Lipinski definition) is 4. The third-order valence-electron chi connectivity index (χ3n) is 2.76. The van der Waals surface area contributed by atoms with E-state index in [1.165, 1.54) is 17.2 Å². The Kier molecular flexibility index (Phi) is 4.19. The molecule has 0 spiro atoms. The quantitative estimate of drug-likeness (QED) is 0.390. The van der Waals surface area contributed by atoms with Gasteiger partial charge < -0.3 is 15.8 Å². The van der Waals surface area contributed by atoms with Gasteiger partial charge in [-0.25, -0.2) is 9.37 Å². The maximum absolute atomic E-state index is 14.0. The fraction of sp³-hybridized carbons (Fsp3) is 0.0769. The summed E-state index contributed by atoms with van der Waals surface area (Å²) in [6, 6.07) is 8.26. The molecule has 0 fully saturated rings. The second kappa shape index (κ2) is 5.87. The number of aromatic nitrogens is 1. The molecule has 1 aromatic carbocycles. The molecule has 0 bridgehead atoms. The van der Waals surface area contributed by atoms with Crippen molar-refractivity contribution in [2.75, 3.05) is 11.9 Å². The summed E-state index contributed by atoms with van der Waals surface area (Å²) in [5.74, 6) is -0.382. The minimum Gasteiger partial charge on any atom is -0.409 e. The summed E-state index contributed by atoms with van der Waals surface area (Å²) in [4.78, 5) is 5.58. The Labute approximate surface area is 123 Å². The number of para-hydroxylation sites is 1. The fourth-order valence-corrected chi connectivity index (χ4v) is 2.11. The SMILES string of the molecule is CN(c1ccccc1/C(N)=N/O)c1ncc(Br)cc1F. The van der Waals surface area contributed by atoms with E-state index in [9.17, 15) is 4.39 Å². The van der Waals surface area contributed by atoms with Crippen LogP contribution in [0.1, 0.15) is 5.56 Å². The predicted octanol–water partition coefficient (Wildman–Crippen LogP) is 2.85. The van der Waals surface area contributed by atoms with Crippen molar-refractivity contribution < 1.29 is 9.60 Å². The molecule has 0 saturated heterocycles. The lowest BCUT2D eigenvalue weighted by Gasteiger charge is -2.21. The average molecular weight is 339 g/mol. The molecule has 0 aliphatic rings. The highest BCUT2D eigenvalue weighted by molar-refractivity contribution is 9.10. The normalized spacial score (nSPS) is 11.4. The van der Waals surface area contributed by atoms with E-state index in [0.717, 1.165) is 0 Å². The van der Waals surface area contributed by atoms with Crippen molar-refractivity contribution in [1.29, 1.82) is 0 Å². The van der Waals surface area contributed by atoms with Crippen LogP contribution in [0.25, 0.3) is 0 Å². The van der Waals surface area contributed by atoms with Crippen molar-refractivity contribution in [2.45, 2.75) is 0 Å². The number of rotatable bonds is 3. The maximum atomic E-state index is 14.0. The minimum atomic E-state index is -0.476. The number of hydrogen-bond donors (Lipinski definition) is 2. The molecule has 1 heterocycles. The molecule has 0 radical (unpaired) electrons. The van der Waals surface area contributed by atoms with E-state index >= 15 is 0 Å². The van der Waals surface area contributed by atoms with Crippen molar-refractivity contribution in [3.05, 3.63) is 52.4 Å². The molecule has 3 N–H and O–H groups in total. The predicted molar refractivity (Wildman–Crippen MR) is 78.9 cm³/mol. The van der Waals surface area contributed by atoms with Crippen LogP contribution in [0.3, 0.4) is 0 Å². The van der Waals surface area contributed by atoms with E-state index in [-0.39, 0.29) is 11.7 Å². The smallest absolute Gasteiger partial charge is 0.172 e. The second-order valence-corrected chi connectivity index (χ2v) is 4.94. The summed E-state index contributed by atoms with van der Waals surface area (Å²) in [7, 11) is 1.66. The average Bonchev–Trinajstić information content (AvgIpc) is 2.46. The van der Waals surface area contributed by atoms with Gasteiger partial charge in [-0.3, -0.25) is 0 Å². The zero-order valence-electron chi connectivity index (χ0n) is 10.6. The van der Waals surface area contributed by atoms with Crippen LogP contribution in [0, 0.1) is 5.82 Å². The Hall–Kier alpha value is -2.15. The number of pyridine rings is 1. The zero-order valence-corrected chi connectivity index (χ0v) is 12.2. The van der Waals surface area contributed by atoms with Crippen LogP contribution in [0.15, 0.2) is 46.2 Å². The molecule has 0 atom stereocenters. The van der Waals surface area contributed by atoms with Crippen LogP contribution in [0.2, 0.25) is 0 Å². The lowest BCUT2D eigenvalue weighted by molar-refractivity contribution is 0.318. The molecule has 0 amide bonds. The van der Waals surface area contributed by atoms with Crippen LogP contribution >= 0.6 is 15.9 Å². The van der Waals surface area contributed by atoms with E-state index in [2.05, 4.69) is 26.1 Å². The van der Waals surface area contributed by atoms with Gasteiger partial charge in [-0.15, -0.1) is 0 Å². The molecule has 2 aromatic rings. The summed E-state index contributed by atoms with van der Waals surface area (Å²) in [6.07, 6.45) is 1.50. The summed E-state index contributed by atoms with van der Waals surface area (Å²) < 4.78 is 14.5. The topological polar surface area (TPSA) is 74.7 Å². The third kappa shape index (κ3) is 2.72. The molecule has 0 saturated carbocycles. The molecule has 0 aliphatic heterocycles. The number of oxime groups is 1. The second-order valence-electron chi connectivity index (χ2n) is 4.02. The molecule has 20 heavy (non-hydrogen) atoms. The highest BCUT2D eigenvalue weighted by Gasteiger charge is 2.16. The Morgan fingerprint density at radius 1 is 1.45 bits per heavy atom. The van der Waals surface area contributed by atoms with Gasteiger partial charge >= 0.3 is 0 Å². The van der Waals surface area contributed by atoms with E-state index in [1.807, 2.05) is 0 Å². The van der Waals surface area contributed by atoms with Gasteiger partial charge in [0.05, 0.1) is 5.69 Å². The molecular formula is C13H12BrFN4O. The number of anilines is 2. The van der Waals surface area contributed by atoms with Gasteiger partial charge in [-0.2, -0.15) is 0 Å². The van der Waals surface area contributed by atoms with Gasteiger partial charge in [0, 0.05) is 23.3 Å². The Morgan fingerprint density at radius 2 is 2.15 bits per heavy atom. The molecule has 104 valence electrons. The molecule has 7 heteroatoms. The molecule has 2 rings (SSSR count). The summed E-state index contributed by atoms with van der Waals surface area (Å²) in [6.45, 7) is 0. The van der Waals surface area contributed by atoms with E-state index < -0.39 is 5.82 Å². The zero-order chi connectivity index (χ0) is 14.7. The first kappa shape index (κ1) is 14.3. The van der Waals surface area contributed by atoms with Crippen molar-refractivity contribution in [2.24, 2.45) is 10.9 Å². The highest BCUT2D eigenvalue weighted by atomic mass is 79.9. The summed E-state index contributed by atoms with van der Waals surface area (Å²) >= 11 is 3.16. The fourth-order valence-electron chi connectivity index (χ4n) is 1.80. The van der Waals surface area contributed by atoms with Crippen LogP contribution < -0.4 is 10.6 Å². The van der Waals surface area contributed by atoms with Crippen LogP contribution in [-0.4, -0.2) is 23.1 Å². The van der Waals surface area contributed by atoms with Gasteiger partial charge in [0.25, 0.3) is 0 Å². The van der Waals surface area contributed by atoms with Crippen LogP contribution in [0.5, 0.6) is 0 Å². The van der Waals surface area contributed by atoms with Gasteiger partial charge in [0.1, 0.15) is 0 Å². The van der Waals surface area contributed by atoms with E-state index in [0.29, 0.717) is 15.7 Å². The molecular weight excluding hydrogens is 327 g/mol. The Morgan fingerprint density at radius 3 is 2.80 bits per heavy atom. The maximum Gasteiger partial charge on any atom is 0.172 e.